The van der Waals surface area contributed by atoms with E-state index in [9.17, 15) is 9.59 Å². The van der Waals surface area contributed by atoms with Crippen molar-refractivity contribution in [1.82, 2.24) is 10.2 Å². The van der Waals surface area contributed by atoms with Crippen LogP contribution in [0.3, 0.4) is 0 Å². The second-order valence-corrected chi connectivity index (χ2v) is 3.93. The van der Waals surface area contributed by atoms with Gasteiger partial charge in [0.2, 0.25) is 0 Å². The van der Waals surface area contributed by atoms with Crippen LogP contribution < -0.4 is 10.2 Å². The molecule has 1 heterocycles. The third-order valence-corrected chi connectivity index (χ3v) is 2.68. The second kappa shape index (κ2) is 4.75. The van der Waals surface area contributed by atoms with Gasteiger partial charge in [0.25, 0.3) is 0 Å². The Morgan fingerprint density at radius 2 is 2.11 bits per heavy atom. The number of urea groups is 2. The number of para-hydroxylation sites is 1. The lowest BCUT2D eigenvalue weighted by Crippen LogP contribution is -2.43. The van der Waals surface area contributed by atoms with Gasteiger partial charge in [-0.05, 0) is 12.1 Å². The average molecular weight is 244 g/mol. The van der Waals surface area contributed by atoms with Crippen LogP contribution in [0.2, 0.25) is 0 Å². The quantitative estimate of drug-likeness (QED) is 0.753. The van der Waals surface area contributed by atoms with E-state index in [2.05, 4.69) is 5.32 Å². The number of anilines is 1. The van der Waals surface area contributed by atoms with Crippen molar-refractivity contribution in [1.29, 1.82) is 5.26 Å². The lowest BCUT2D eigenvalue weighted by atomic mass is 10.3. The van der Waals surface area contributed by atoms with Crippen molar-refractivity contribution in [2.45, 2.75) is 6.04 Å². The molecular weight excluding hydrogens is 232 g/mol. The Morgan fingerprint density at radius 3 is 2.67 bits per heavy atom. The topological polar surface area (TPSA) is 76.2 Å². The van der Waals surface area contributed by atoms with Gasteiger partial charge in [0, 0.05) is 12.7 Å². The van der Waals surface area contributed by atoms with E-state index in [0.717, 1.165) is 0 Å². The molecular formula is C12H12N4O2. The molecule has 0 aliphatic carbocycles. The van der Waals surface area contributed by atoms with Crippen molar-refractivity contribution < 1.29 is 9.59 Å². The number of benzene rings is 1. The van der Waals surface area contributed by atoms with Gasteiger partial charge in [-0.15, -0.1) is 0 Å². The number of nitrogens with zero attached hydrogens (tertiary/aromatic N) is 3. The number of nitriles is 1. The van der Waals surface area contributed by atoms with Crippen molar-refractivity contribution in [3.8, 4) is 6.07 Å². The fraction of sp³-hybridized carbons (Fsp3) is 0.250. The molecule has 2 rings (SSSR count). The molecule has 0 aromatic heterocycles. The first-order valence-electron chi connectivity index (χ1n) is 5.43. The van der Waals surface area contributed by atoms with E-state index < -0.39 is 18.1 Å². The minimum absolute atomic E-state index is 0.380. The van der Waals surface area contributed by atoms with Gasteiger partial charge in [-0.2, -0.15) is 5.26 Å². The lowest BCUT2D eigenvalue weighted by molar-refractivity contribution is 0.222. The zero-order valence-electron chi connectivity index (χ0n) is 9.83. The third-order valence-electron chi connectivity index (χ3n) is 2.68. The van der Waals surface area contributed by atoms with Crippen LogP contribution in [0.25, 0.3) is 0 Å². The van der Waals surface area contributed by atoms with Crippen LogP contribution in [0.4, 0.5) is 15.3 Å². The highest BCUT2D eigenvalue weighted by Crippen LogP contribution is 2.16. The Kier molecular flexibility index (Phi) is 3.15. The molecule has 6 heteroatoms. The van der Waals surface area contributed by atoms with E-state index in [1.165, 1.54) is 9.80 Å². The van der Waals surface area contributed by atoms with E-state index in [4.69, 9.17) is 5.26 Å². The van der Waals surface area contributed by atoms with E-state index in [1.807, 2.05) is 12.1 Å². The number of rotatable bonds is 1. The van der Waals surface area contributed by atoms with Crippen LogP contribution in [-0.2, 0) is 0 Å². The van der Waals surface area contributed by atoms with Crippen LogP contribution in [0.15, 0.2) is 30.3 Å². The summed E-state index contributed by atoms with van der Waals surface area (Å²) in [4.78, 5) is 25.9. The molecule has 1 N–H and O–H groups in total. The third kappa shape index (κ3) is 2.40. The van der Waals surface area contributed by atoms with Crippen LogP contribution in [-0.4, -0.2) is 36.6 Å². The summed E-state index contributed by atoms with van der Waals surface area (Å²) in [5, 5.41) is 10.8. The van der Waals surface area contributed by atoms with Crippen LogP contribution >= 0.6 is 0 Å². The standard InChI is InChI=1S/C12H12N4O2/c1-15(9-5-3-2-4-6-9)11(17)14-12(18)16-8-10(16)7-13/h2-6,10H,8H2,1H3,(H,14,17,18). The van der Waals surface area contributed by atoms with Gasteiger partial charge in [-0.3, -0.25) is 10.2 Å². The molecule has 1 aromatic carbocycles. The molecule has 0 bridgehead atoms. The molecule has 0 saturated carbocycles. The molecule has 6 nitrogen and oxygen atoms in total. The van der Waals surface area contributed by atoms with Crippen molar-refractivity contribution >= 4 is 17.7 Å². The minimum atomic E-state index is -0.533. The molecule has 1 saturated heterocycles. The summed E-state index contributed by atoms with van der Waals surface area (Å²) in [6.45, 7) is 0.380. The summed E-state index contributed by atoms with van der Waals surface area (Å²) in [5.41, 5.74) is 0.686. The number of imide groups is 1. The summed E-state index contributed by atoms with van der Waals surface area (Å²) in [6, 6.07) is 9.46. The maximum absolute atomic E-state index is 11.8. The molecule has 92 valence electrons. The number of hydrogen-bond donors (Lipinski definition) is 1. The largest absolute Gasteiger partial charge is 0.329 e. The van der Waals surface area contributed by atoms with Gasteiger partial charge in [0.05, 0.1) is 12.6 Å². The van der Waals surface area contributed by atoms with E-state index in [-0.39, 0.29) is 0 Å². The van der Waals surface area contributed by atoms with E-state index in [0.29, 0.717) is 12.2 Å². The zero-order chi connectivity index (χ0) is 13.1. The summed E-state index contributed by atoms with van der Waals surface area (Å²) in [7, 11) is 1.57. The summed E-state index contributed by atoms with van der Waals surface area (Å²) >= 11 is 0. The molecule has 0 spiro atoms. The molecule has 1 fully saturated rings. The first-order chi connectivity index (χ1) is 8.63. The summed E-state index contributed by atoms with van der Waals surface area (Å²) in [5.74, 6) is 0. The van der Waals surface area contributed by atoms with Gasteiger partial charge < -0.3 is 4.90 Å². The van der Waals surface area contributed by atoms with Crippen molar-refractivity contribution in [3.05, 3.63) is 30.3 Å². The maximum atomic E-state index is 11.8. The Bertz CT molecular complexity index is 509. The van der Waals surface area contributed by atoms with Crippen LogP contribution in [0.1, 0.15) is 0 Å². The molecule has 18 heavy (non-hydrogen) atoms. The number of amides is 4. The molecule has 1 atom stereocenters. The normalized spacial score (nSPS) is 16.7. The van der Waals surface area contributed by atoms with Gasteiger partial charge in [-0.25, -0.2) is 9.59 Å². The Balaban J connectivity index is 1.93. The summed E-state index contributed by atoms with van der Waals surface area (Å²) in [6.07, 6.45) is 0. The molecule has 1 aliphatic rings. The van der Waals surface area contributed by atoms with Crippen molar-refractivity contribution in [2.75, 3.05) is 18.5 Å². The van der Waals surface area contributed by atoms with Gasteiger partial charge in [0.15, 0.2) is 0 Å². The Labute approximate surface area is 104 Å². The predicted molar refractivity (Wildman–Crippen MR) is 64.9 cm³/mol. The summed E-state index contributed by atoms with van der Waals surface area (Å²) < 4.78 is 0. The predicted octanol–water partition coefficient (Wildman–Crippen LogP) is 1.16. The molecule has 0 radical (unpaired) electrons. The van der Waals surface area contributed by atoms with Gasteiger partial charge in [-0.1, -0.05) is 18.2 Å². The van der Waals surface area contributed by atoms with E-state index >= 15 is 0 Å². The number of hydrogen-bond acceptors (Lipinski definition) is 3. The second-order valence-electron chi connectivity index (χ2n) is 3.93. The van der Waals surface area contributed by atoms with Crippen molar-refractivity contribution in [3.63, 3.8) is 0 Å². The lowest BCUT2D eigenvalue weighted by Gasteiger charge is -2.17. The highest BCUT2D eigenvalue weighted by atomic mass is 16.2. The first-order valence-corrected chi connectivity index (χ1v) is 5.43. The smallest absolute Gasteiger partial charge is 0.303 e. The minimum Gasteiger partial charge on any atom is -0.303 e. The average Bonchev–Trinajstić information content (AvgIpc) is 3.18. The Hall–Kier alpha value is -2.55. The zero-order valence-corrected chi connectivity index (χ0v) is 9.83. The molecule has 1 aliphatic heterocycles. The number of carbonyl (C=O) groups is 2. The van der Waals surface area contributed by atoms with Crippen molar-refractivity contribution in [2.24, 2.45) is 0 Å². The highest BCUT2D eigenvalue weighted by Gasteiger charge is 2.39. The first kappa shape index (κ1) is 11.9. The molecule has 1 aromatic rings. The van der Waals surface area contributed by atoms with Gasteiger partial charge in [0.1, 0.15) is 6.04 Å². The van der Waals surface area contributed by atoms with Crippen LogP contribution in [0.5, 0.6) is 0 Å². The molecule has 4 amide bonds. The SMILES string of the molecule is CN(C(=O)NC(=O)N1CC1C#N)c1ccccc1. The molecule has 1 unspecified atom stereocenters. The van der Waals surface area contributed by atoms with Gasteiger partial charge >= 0.3 is 12.1 Å². The fourth-order valence-electron chi connectivity index (χ4n) is 1.49. The highest BCUT2D eigenvalue weighted by molar-refractivity contribution is 6.02. The number of nitrogens with one attached hydrogen (secondary N) is 1. The van der Waals surface area contributed by atoms with E-state index in [1.54, 1.807) is 31.3 Å². The monoisotopic (exact) mass is 244 g/mol. The number of carbonyl (C=O) groups excluding carboxylic acids is 2. The maximum Gasteiger partial charge on any atom is 0.329 e. The fourth-order valence-corrected chi connectivity index (χ4v) is 1.49. The van der Waals surface area contributed by atoms with Crippen LogP contribution in [0, 0.1) is 11.3 Å². The Morgan fingerprint density at radius 1 is 1.44 bits per heavy atom.